The van der Waals surface area contributed by atoms with Crippen LogP contribution in [0, 0.1) is 0 Å². The minimum Gasteiger partial charge on any atom is -0.452 e. The van der Waals surface area contributed by atoms with Gasteiger partial charge in [0.1, 0.15) is 12.2 Å². The zero-order chi connectivity index (χ0) is 16.6. The molecule has 0 spiro atoms. The fourth-order valence-corrected chi connectivity index (χ4v) is 2.50. The number of ether oxygens (including phenoxy) is 3. The molecule has 0 bridgehead atoms. The van der Waals surface area contributed by atoms with Gasteiger partial charge in [-0.3, -0.25) is 9.59 Å². The van der Waals surface area contributed by atoms with E-state index in [-0.39, 0.29) is 0 Å². The van der Waals surface area contributed by atoms with Gasteiger partial charge in [0.15, 0.2) is 18.2 Å². The van der Waals surface area contributed by atoms with Crippen LogP contribution in [0.4, 0.5) is 0 Å². The molecule has 1 aliphatic heterocycles. The van der Waals surface area contributed by atoms with Gasteiger partial charge in [-0.2, -0.15) is 0 Å². The lowest BCUT2D eigenvalue weighted by molar-refractivity contribution is -0.170. The molecule has 0 aromatic heterocycles. The molecule has 1 saturated heterocycles. The Kier molecular flexibility index (Phi) is 7.76. The van der Waals surface area contributed by atoms with Crippen LogP contribution in [0.5, 0.6) is 0 Å². The van der Waals surface area contributed by atoms with Gasteiger partial charge in [-0.15, -0.1) is 0 Å². The molecule has 1 aliphatic rings. The number of carbonyl (C=O) groups is 2. The molecule has 3 atom stereocenters. The molecular weight excluding hydrogens is 284 g/mol. The Labute approximate surface area is 133 Å². The van der Waals surface area contributed by atoms with Crippen molar-refractivity contribution in [1.82, 2.24) is 0 Å². The minimum atomic E-state index is -0.950. The third kappa shape index (κ3) is 6.28. The summed E-state index contributed by atoms with van der Waals surface area (Å²) in [6.45, 7) is 7.02. The number of esters is 1. The summed E-state index contributed by atoms with van der Waals surface area (Å²) < 4.78 is 16.5. The number of hydrogen-bond donors (Lipinski definition) is 0. The van der Waals surface area contributed by atoms with Gasteiger partial charge in [0, 0.05) is 6.92 Å². The fraction of sp³-hybridized carbons (Fsp3) is 0.765. The zero-order valence-corrected chi connectivity index (χ0v) is 14.0. The molecular formula is C17H28O5. The Morgan fingerprint density at radius 1 is 1.27 bits per heavy atom. The van der Waals surface area contributed by atoms with Crippen LogP contribution >= 0.6 is 0 Å². The molecule has 0 aromatic carbocycles. The molecule has 1 heterocycles. The summed E-state index contributed by atoms with van der Waals surface area (Å²) in [5, 5.41) is 0. The molecule has 0 N–H and O–H groups in total. The predicted octanol–water partition coefficient (Wildman–Crippen LogP) is 3.16. The van der Waals surface area contributed by atoms with Gasteiger partial charge < -0.3 is 14.2 Å². The standard InChI is InChI=1S/C17H28O5/c1-5-6-7-8-9-10-11-14-16(22-17(3,4)21-14)15(12-18)20-13(2)19/h10-12,14-16H,5-9H2,1-4H3/b11-10-/t14-,15-,16-/m1/s1. The van der Waals surface area contributed by atoms with Crippen LogP contribution in [0.3, 0.4) is 0 Å². The highest BCUT2D eigenvalue weighted by Gasteiger charge is 2.45. The lowest BCUT2D eigenvalue weighted by Crippen LogP contribution is -2.38. The van der Waals surface area contributed by atoms with Gasteiger partial charge in [0.2, 0.25) is 0 Å². The maximum atomic E-state index is 11.2. The van der Waals surface area contributed by atoms with E-state index in [1.165, 1.54) is 26.2 Å². The predicted molar refractivity (Wildman–Crippen MR) is 83.3 cm³/mol. The Bertz CT molecular complexity index is 389. The Morgan fingerprint density at radius 3 is 2.59 bits per heavy atom. The van der Waals surface area contributed by atoms with E-state index in [4.69, 9.17) is 14.2 Å². The average Bonchev–Trinajstić information content (AvgIpc) is 2.75. The topological polar surface area (TPSA) is 61.8 Å². The van der Waals surface area contributed by atoms with Crippen molar-refractivity contribution in [3.05, 3.63) is 12.2 Å². The third-order valence-corrected chi connectivity index (χ3v) is 3.47. The number of allylic oxidation sites excluding steroid dienone is 1. The number of aldehydes is 1. The molecule has 0 unspecified atom stereocenters. The van der Waals surface area contributed by atoms with Crippen molar-refractivity contribution in [2.24, 2.45) is 0 Å². The van der Waals surface area contributed by atoms with Crippen molar-refractivity contribution in [1.29, 1.82) is 0 Å². The van der Waals surface area contributed by atoms with Gasteiger partial charge in [-0.05, 0) is 26.7 Å². The van der Waals surface area contributed by atoms with Crippen molar-refractivity contribution in [2.75, 3.05) is 0 Å². The number of hydrogen-bond acceptors (Lipinski definition) is 5. The quantitative estimate of drug-likeness (QED) is 0.283. The first-order valence-corrected chi connectivity index (χ1v) is 8.04. The second-order valence-corrected chi connectivity index (χ2v) is 6.05. The summed E-state index contributed by atoms with van der Waals surface area (Å²) in [4.78, 5) is 22.3. The Morgan fingerprint density at radius 2 is 2.00 bits per heavy atom. The van der Waals surface area contributed by atoms with E-state index < -0.39 is 30.1 Å². The fourth-order valence-electron chi connectivity index (χ4n) is 2.50. The van der Waals surface area contributed by atoms with Crippen molar-refractivity contribution < 1.29 is 23.8 Å². The monoisotopic (exact) mass is 312 g/mol. The van der Waals surface area contributed by atoms with Crippen LogP contribution < -0.4 is 0 Å². The molecule has 5 heteroatoms. The maximum Gasteiger partial charge on any atom is 0.303 e. The average molecular weight is 312 g/mol. The van der Waals surface area contributed by atoms with Gasteiger partial charge in [-0.25, -0.2) is 0 Å². The smallest absolute Gasteiger partial charge is 0.303 e. The molecule has 1 fully saturated rings. The zero-order valence-electron chi connectivity index (χ0n) is 14.0. The van der Waals surface area contributed by atoms with Gasteiger partial charge in [0.25, 0.3) is 0 Å². The van der Waals surface area contributed by atoms with Crippen LogP contribution in [0.2, 0.25) is 0 Å². The molecule has 0 aliphatic carbocycles. The molecule has 0 saturated carbocycles. The summed E-state index contributed by atoms with van der Waals surface area (Å²) in [5.41, 5.74) is 0. The first kappa shape index (κ1) is 18.8. The van der Waals surface area contributed by atoms with Crippen LogP contribution in [0.1, 0.15) is 59.8 Å². The van der Waals surface area contributed by atoms with E-state index in [2.05, 4.69) is 6.92 Å². The van der Waals surface area contributed by atoms with Crippen molar-refractivity contribution in [3.63, 3.8) is 0 Å². The summed E-state index contributed by atoms with van der Waals surface area (Å²) in [5.74, 6) is -1.31. The molecule has 0 amide bonds. The summed E-state index contributed by atoms with van der Waals surface area (Å²) in [7, 11) is 0. The Hall–Kier alpha value is -1.20. The van der Waals surface area contributed by atoms with Gasteiger partial charge >= 0.3 is 5.97 Å². The maximum absolute atomic E-state index is 11.2. The number of carbonyl (C=O) groups excluding carboxylic acids is 2. The molecule has 126 valence electrons. The Balaban J connectivity index is 2.62. The minimum absolute atomic E-state index is 0.393. The van der Waals surface area contributed by atoms with Crippen molar-refractivity contribution in [3.8, 4) is 0 Å². The largest absolute Gasteiger partial charge is 0.452 e. The third-order valence-electron chi connectivity index (χ3n) is 3.47. The van der Waals surface area contributed by atoms with E-state index >= 15 is 0 Å². The molecule has 1 rings (SSSR count). The molecule has 0 radical (unpaired) electrons. The van der Waals surface area contributed by atoms with Crippen molar-refractivity contribution >= 4 is 12.3 Å². The lowest BCUT2D eigenvalue weighted by atomic mass is 10.1. The first-order chi connectivity index (χ1) is 10.4. The van der Waals surface area contributed by atoms with Crippen LogP contribution in [-0.2, 0) is 23.8 Å². The van der Waals surface area contributed by atoms with E-state index in [1.807, 2.05) is 12.2 Å². The van der Waals surface area contributed by atoms with E-state index in [0.717, 1.165) is 12.8 Å². The highest BCUT2D eigenvalue weighted by Crippen LogP contribution is 2.31. The van der Waals surface area contributed by atoms with Crippen LogP contribution in [-0.4, -0.2) is 36.4 Å². The molecule has 5 nitrogen and oxygen atoms in total. The molecule has 0 aromatic rings. The van der Waals surface area contributed by atoms with E-state index in [1.54, 1.807) is 13.8 Å². The second kappa shape index (κ2) is 9.06. The van der Waals surface area contributed by atoms with Gasteiger partial charge in [-0.1, -0.05) is 38.3 Å². The highest BCUT2D eigenvalue weighted by molar-refractivity contribution is 5.70. The highest BCUT2D eigenvalue weighted by atomic mass is 16.8. The number of rotatable bonds is 9. The molecule has 22 heavy (non-hydrogen) atoms. The lowest BCUT2D eigenvalue weighted by Gasteiger charge is -2.20. The summed E-state index contributed by atoms with van der Waals surface area (Å²) in [6, 6.07) is 0. The van der Waals surface area contributed by atoms with E-state index in [0.29, 0.717) is 6.29 Å². The van der Waals surface area contributed by atoms with Crippen LogP contribution in [0.15, 0.2) is 12.2 Å². The normalized spacial score (nSPS) is 25.3. The SMILES string of the molecule is CCCCCC/C=C\[C@H]1OC(C)(C)O[C@H]1[C@@H](C=O)OC(C)=O. The number of unbranched alkanes of at least 4 members (excludes halogenated alkanes) is 4. The summed E-state index contributed by atoms with van der Waals surface area (Å²) >= 11 is 0. The second-order valence-electron chi connectivity index (χ2n) is 6.05. The van der Waals surface area contributed by atoms with Gasteiger partial charge in [0.05, 0.1) is 0 Å². The first-order valence-electron chi connectivity index (χ1n) is 8.04. The van der Waals surface area contributed by atoms with Crippen molar-refractivity contribution in [2.45, 2.75) is 83.9 Å². The van der Waals surface area contributed by atoms with Crippen LogP contribution in [0.25, 0.3) is 0 Å². The van der Waals surface area contributed by atoms with E-state index in [9.17, 15) is 9.59 Å². The summed E-state index contributed by atoms with van der Waals surface area (Å²) in [6.07, 6.45) is 8.36.